The zero-order valence-electron chi connectivity index (χ0n) is 8.26. The van der Waals surface area contributed by atoms with E-state index < -0.39 is 0 Å². The average Bonchev–Trinajstić information content (AvgIpc) is 1.55. The van der Waals surface area contributed by atoms with Gasteiger partial charge in [0.2, 0.25) is 0 Å². The Hall–Kier alpha value is 0.350. The van der Waals surface area contributed by atoms with Crippen molar-refractivity contribution in [1.82, 2.24) is 0 Å². The van der Waals surface area contributed by atoms with Crippen molar-refractivity contribution in [2.45, 2.75) is 52.7 Å². The zero-order valence-corrected chi connectivity index (χ0v) is 9.16. The van der Waals surface area contributed by atoms with Crippen LogP contribution in [0.2, 0.25) is 0 Å². The Balaban J connectivity index is 3.44. The predicted molar refractivity (Wildman–Crippen MR) is 48.6 cm³/mol. The van der Waals surface area contributed by atoms with Crippen LogP contribution >= 0.6 is 9.03 Å². The molecule has 0 spiro atoms. The van der Waals surface area contributed by atoms with E-state index in [4.69, 9.17) is 9.05 Å². The first-order chi connectivity index (χ1) is 4.71. The third-order valence-corrected chi connectivity index (χ3v) is 1.87. The van der Waals surface area contributed by atoms with Gasteiger partial charge in [0.15, 0.2) is 0 Å². The van der Waals surface area contributed by atoms with Crippen molar-refractivity contribution in [1.29, 1.82) is 0 Å². The van der Waals surface area contributed by atoms with E-state index in [9.17, 15) is 0 Å². The van der Waals surface area contributed by atoms with Crippen LogP contribution in [0.4, 0.5) is 0 Å². The number of hydrogen-bond donors (Lipinski definition) is 0. The summed E-state index contributed by atoms with van der Waals surface area (Å²) in [5.41, 5.74) is -0.236. The van der Waals surface area contributed by atoms with E-state index in [1.54, 1.807) is 0 Å². The summed E-state index contributed by atoms with van der Waals surface area (Å²) in [5, 5.41) is 0. The Morgan fingerprint density at radius 1 is 0.727 bits per heavy atom. The van der Waals surface area contributed by atoms with E-state index in [1.807, 2.05) is 41.5 Å². The lowest BCUT2D eigenvalue weighted by Crippen LogP contribution is -2.18. The summed E-state index contributed by atoms with van der Waals surface area (Å²) in [7, 11) is 0.601. The second kappa shape index (κ2) is 3.84. The highest BCUT2D eigenvalue weighted by molar-refractivity contribution is 7.26. The number of hydrogen-bond acceptors (Lipinski definition) is 2. The highest BCUT2D eigenvalue weighted by atomic mass is 31.1. The van der Waals surface area contributed by atoms with Gasteiger partial charge in [-0.25, -0.2) is 9.03 Å². The fourth-order valence-electron chi connectivity index (χ4n) is 0.242. The largest absolute Gasteiger partial charge is 0.525 e. The maximum atomic E-state index is 5.36. The number of rotatable bonds is 2. The van der Waals surface area contributed by atoms with Gasteiger partial charge in [-0.1, -0.05) is 0 Å². The van der Waals surface area contributed by atoms with Crippen molar-refractivity contribution in [2.75, 3.05) is 0 Å². The van der Waals surface area contributed by atoms with E-state index in [1.165, 1.54) is 0 Å². The molecule has 0 heterocycles. The molecule has 0 aromatic rings. The Morgan fingerprint density at radius 3 is 1.18 bits per heavy atom. The summed E-state index contributed by atoms with van der Waals surface area (Å²) in [6.45, 7) is 12.0. The topological polar surface area (TPSA) is 18.5 Å². The molecule has 3 heteroatoms. The molecule has 0 N–H and O–H groups in total. The van der Waals surface area contributed by atoms with Crippen molar-refractivity contribution in [2.24, 2.45) is 0 Å². The first kappa shape index (κ1) is 11.4. The third kappa shape index (κ3) is 10.4. The molecule has 0 aromatic carbocycles. The monoisotopic (exact) mass is 177 g/mol. The van der Waals surface area contributed by atoms with Crippen LogP contribution in [-0.4, -0.2) is 11.2 Å². The van der Waals surface area contributed by atoms with Crippen LogP contribution in [0, 0.1) is 0 Å². The van der Waals surface area contributed by atoms with Crippen LogP contribution in [0.25, 0.3) is 0 Å². The smallest absolute Gasteiger partial charge is 0.0281 e. The van der Waals surface area contributed by atoms with Crippen LogP contribution < -0.4 is 0 Å². The molecule has 0 aromatic heterocycles. The molecule has 0 aliphatic rings. The minimum absolute atomic E-state index is 0.118. The first-order valence-corrected chi connectivity index (χ1v) is 4.50. The second-order valence-corrected chi connectivity index (χ2v) is 5.00. The van der Waals surface area contributed by atoms with Gasteiger partial charge in [-0.15, -0.1) is 0 Å². The average molecular weight is 177 g/mol. The van der Waals surface area contributed by atoms with Gasteiger partial charge in [0.05, 0.1) is 0 Å². The lowest BCUT2D eigenvalue weighted by Gasteiger charge is -2.37. The Labute approximate surface area is 71.6 Å². The molecule has 11 heavy (non-hydrogen) atoms. The van der Waals surface area contributed by atoms with E-state index >= 15 is 0 Å². The normalized spacial score (nSPS) is 13.6. The van der Waals surface area contributed by atoms with E-state index in [0.29, 0.717) is 9.03 Å². The Kier molecular flexibility index (Phi) is 3.96. The minimum atomic E-state index is -0.118. The standard InChI is InChI=1S/C8H18O2P/c1-7(2,3)9-11-10-8(4,5)6/h1-6H3/q-1. The van der Waals surface area contributed by atoms with Crippen LogP contribution in [0.3, 0.4) is 0 Å². The first-order valence-electron chi connectivity index (χ1n) is 3.77. The van der Waals surface area contributed by atoms with Crippen molar-refractivity contribution in [3.8, 4) is 0 Å². The summed E-state index contributed by atoms with van der Waals surface area (Å²) in [4.78, 5) is 0. The van der Waals surface area contributed by atoms with Crippen molar-refractivity contribution < 1.29 is 9.05 Å². The lowest BCUT2D eigenvalue weighted by molar-refractivity contribution is 0.0846. The Morgan fingerprint density at radius 2 is 1.00 bits per heavy atom. The van der Waals surface area contributed by atoms with E-state index in [-0.39, 0.29) is 11.2 Å². The summed E-state index contributed by atoms with van der Waals surface area (Å²) in [5.74, 6) is 0. The molecular weight excluding hydrogens is 159 g/mol. The van der Waals surface area contributed by atoms with Crippen molar-refractivity contribution in [3.63, 3.8) is 0 Å². The van der Waals surface area contributed by atoms with Gasteiger partial charge >= 0.3 is 0 Å². The van der Waals surface area contributed by atoms with Gasteiger partial charge in [-0.3, -0.25) is 0 Å². The van der Waals surface area contributed by atoms with E-state index in [2.05, 4.69) is 0 Å². The van der Waals surface area contributed by atoms with Gasteiger partial charge in [0.1, 0.15) is 0 Å². The molecule has 0 fully saturated rings. The van der Waals surface area contributed by atoms with Crippen LogP contribution in [0.5, 0.6) is 0 Å². The lowest BCUT2D eigenvalue weighted by atomic mass is 10.2. The molecule has 0 rings (SSSR count). The molecule has 0 bridgehead atoms. The molecule has 68 valence electrons. The summed E-state index contributed by atoms with van der Waals surface area (Å²) in [6.07, 6.45) is 0. The molecular formula is C8H18O2P-. The fraction of sp³-hybridized carbons (Fsp3) is 1.00. The van der Waals surface area contributed by atoms with E-state index in [0.717, 1.165) is 0 Å². The maximum absolute atomic E-state index is 5.36. The molecule has 2 nitrogen and oxygen atoms in total. The van der Waals surface area contributed by atoms with Gasteiger partial charge in [0, 0.05) is 11.2 Å². The zero-order chi connectivity index (χ0) is 9.12. The molecule has 0 amide bonds. The molecule has 0 atom stereocenters. The van der Waals surface area contributed by atoms with Crippen LogP contribution in [0.15, 0.2) is 0 Å². The maximum Gasteiger partial charge on any atom is 0.0281 e. The quantitative estimate of drug-likeness (QED) is 0.602. The van der Waals surface area contributed by atoms with Gasteiger partial charge in [-0.2, -0.15) is 0 Å². The SMILES string of the molecule is CC(C)(C)O[P-]OC(C)(C)C. The van der Waals surface area contributed by atoms with Crippen molar-refractivity contribution in [3.05, 3.63) is 0 Å². The molecule has 0 unspecified atom stereocenters. The minimum Gasteiger partial charge on any atom is -0.525 e. The van der Waals surface area contributed by atoms with Crippen molar-refractivity contribution >= 4 is 9.03 Å². The molecule has 0 aliphatic carbocycles. The molecule has 0 aliphatic heterocycles. The summed E-state index contributed by atoms with van der Waals surface area (Å²) in [6, 6.07) is 0. The van der Waals surface area contributed by atoms with Gasteiger partial charge in [-0.05, 0) is 41.5 Å². The predicted octanol–water partition coefficient (Wildman–Crippen LogP) is 3.39. The fourth-order valence-corrected chi connectivity index (χ4v) is 0.727. The van der Waals surface area contributed by atoms with Crippen LogP contribution in [-0.2, 0) is 9.05 Å². The molecule has 0 radical (unpaired) electrons. The second-order valence-electron chi connectivity index (χ2n) is 4.48. The molecule has 0 saturated carbocycles. The van der Waals surface area contributed by atoms with Gasteiger partial charge in [0.25, 0.3) is 0 Å². The summed E-state index contributed by atoms with van der Waals surface area (Å²) >= 11 is 0. The highest BCUT2D eigenvalue weighted by Crippen LogP contribution is 2.28. The van der Waals surface area contributed by atoms with Crippen LogP contribution in [0.1, 0.15) is 41.5 Å². The highest BCUT2D eigenvalue weighted by Gasteiger charge is 2.06. The molecule has 0 saturated heterocycles. The third-order valence-electron chi connectivity index (χ3n) is 0.622. The van der Waals surface area contributed by atoms with Gasteiger partial charge < -0.3 is 9.05 Å². The summed E-state index contributed by atoms with van der Waals surface area (Å²) < 4.78 is 10.7. The Bertz CT molecular complexity index is 96.2.